The first-order chi connectivity index (χ1) is 14.9. The van der Waals surface area contributed by atoms with Crippen LogP contribution in [0.25, 0.3) is 23.0 Å². The maximum absolute atomic E-state index is 11.1. The van der Waals surface area contributed by atoms with Crippen LogP contribution in [-0.2, 0) is 6.54 Å². The standard InChI is InChI=1S/C20H16N6O5/c1-30-17-4-2-13(26(28)29)9-15(17)18-5-3-14(31-18)8-12(10-21)19-16(11-22)20(23)25(24-19)6-7-27/h2-5,8-9,27H,6-7,23H2,1H3/b12-8+. The number of aromatic nitrogens is 2. The highest BCUT2D eigenvalue weighted by Crippen LogP contribution is 2.35. The van der Waals surface area contributed by atoms with Crippen molar-refractivity contribution in [1.29, 1.82) is 10.5 Å². The Morgan fingerprint density at radius 2 is 2.19 bits per heavy atom. The van der Waals surface area contributed by atoms with Crippen molar-refractivity contribution in [2.45, 2.75) is 6.54 Å². The van der Waals surface area contributed by atoms with Gasteiger partial charge in [0.1, 0.15) is 46.5 Å². The smallest absolute Gasteiger partial charge is 0.270 e. The quantitative estimate of drug-likeness (QED) is 0.330. The Bertz CT molecular complexity index is 1260. The Kier molecular flexibility index (Phi) is 6.00. The first-order valence-corrected chi connectivity index (χ1v) is 8.85. The summed E-state index contributed by atoms with van der Waals surface area (Å²) < 4.78 is 12.2. The molecule has 0 amide bonds. The van der Waals surface area contributed by atoms with Crippen molar-refractivity contribution in [1.82, 2.24) is 9.78 Å². The van der Waals surface area contributed by atoms with Gasteiger partial charge >= 0.3 is 0 Å². The van der Waals surface area contributed by atoms with E-state index in [9.17, 15) is 20.6 Å². The van der Waals surface area contributed by atoms with Gasteiger partial charge in [-0.1, -0.05) is 0 Å². The second-order valence-corrected chi connectivity index (χ2v) is 6.18. The van der Waals surface area contributed by atoms with Crippen LogP contribution < -0.4 is 10.5 Å². The van der Waals surface area contributed by atoms with Crippen LogP contribution in [0.4, 0.5) is 11.5 Å². The highest BCUT2D eigenvalue weighted by molar-refractivity contribution is 5.90. The van der Waals surface area contributed by atoms with Crippen LogP contribution in [0.2, 0.25) is 0 Å². The van der Waals surface area contributed by atoms with Crippen molar-refractivity contribution in [3.63, 3.8) is 0 Å². The number of nitrogens with two attached hydrogens (primary N) is 1. The lowest BCUT2D eigenvalue weighted by molar-refractivity contribution is -0.384. The van der Waals surface area contributed by atoms with Gasteiger partial charge in [0.25, 0.3) is 5.69 Å². The van der Waals surface area contributed by atoms with Crippen LogP contribution in [0.1, 0.15) is 17.0 Å². The van der Waals surface area contributed by atoms with Gasteiger partial charge in [0.05, 0.1) is 36.3 Å². The maximum Gasteiger partial charge on any atom is 0.270 e. The van der Waals surface area contributed by atoms with Crippen molar-refractivity contribution in [3.8, 4) is 29.2 Å². The van der Waals surface area contributed by atoms with Crippen LogP contribution in [0.5, 0.6) is 5.75 Å². The van der Waals surface area contributed by atoms with Crippen molar-refractivity contribution < 1.29 is 19.2 Å². The second kappa shape index (κ2) is 8.82. The molecule has 3 N–H and O–H groups in total. The summed E-state index contributed by atoms with van der Waals surface area (Å²) in [6.45, 7) is -0.176. The van der Waals surface area contributed by atoms with Crippen molar-refractivity contribution >= 4 is 23.2 Å². The number of allylic oxidation sites excluding steroid dienone is 1. The summed E-state index contributed by atoms with van der Waals surface area (Å²) >= 11 is 0. The number of aliphatic hydroxyl groups excluding tert-OH is 1. The second-order valence-electron chi connectivity index (χ2n) is 6.18. The van der Waals surface area contributed by atoms with Gasteiger partial charge < -0.3 is 20.0 Å². The molecule has 3 rings (SSSR count). The van der Waals surface area contributed by atoms with Crippen LogP contribution in [0, 0.1) is 32.8 Å². The molecule has 0 bridgehead atoms. The molecule has 0 aliphatic rings. The van der Waals surface area contributed by atoms with Crippen LogP contribution >= 0.6 is 0 Å². The predicted molar refractivity (Wildman–Crippen MR) is 109 cm³/mol. The molecule has 3 aromatic rings. The number of nitrogen functional groups attached to an aromatic ring is 1. The van der Waals surface area contributed by atoms with Crippen molar-refractivity contribution in [2.75, 3.05) is 19.5 Å². The van der Waals surface area contributed by atoms with E-state index in [1.807, 2.05) is 12.1 Å². The molecule has 2 aromatic heterocycles. The van der Waals surface area contributed by atoms with E-state index < -0.39 is 4.92 Å². The van der Waals surface area contributed by atoms with E-state index in [4.69, 9.17) is 20.0 Å². The molecule has 0 aliphatic heterocycles. The average molecular weight is 420 g/mol. The number of hydrogen-bond donors (Lipinski definition) is 2. The van der Waals surface area contributed by atoms with Crippen LogP contribution in [-0.4, -0.2) is 33.5 Å². The van der Waals surface area contributed by atoms with Crippen molar-refractivity contribution in [2.24, 2.45) is 0 Å². The molecular weight excluding hydrogens is 404 g/mol. The Hall–Kier alpha value is -4.61. The number of non-ortho nitro benzene ring substituents is 1. The molecule has 0 unspecified atom stereocenters. The zero-order valence-electron chi connectivity index (χ0n) is 16.3. The number of nitro benzene ring substituents is 1. The normalized spacial score (nSPS) is 11.0. The summed E-state index contributed by atoms with van der Waals surface area (Å²) in [5.74, 6) is 0.946. The molecule has 0 fully saturated rings. The van der Waals surface area contributed by atoms with E-state index in [1.165, 1.54) is 36.1 Å². The third-order valence-electron chi connectivity index (χ3n) is 4.36. The van der Waals surface area contributed by atoms with Gasteiger partial charge in [-0.05, 0) is 18.2 Å². The Morgan fingerprint density at radius 3 is 2.81 bits per heavy atom. The van der Waals surface area contributed by atoms with Gasteiger partial charge in [0.15, 0.2) is 0 Å². The van der Waals surface area contributed by atoms with E-state index >= 15 is 0 Å². The van der Waals surface area contributed by atoms with E-state index in [1.54, 1.807) is 12.1 Å². The number of nitrogens with zero attached hydrogens (tertiary/aromatic N) is 5. The van der Waals surface area contributed by atoms with Crippen molar-refractivity contribution in [3.05, 3.63) is 57.5 Å². The fourth-order valence-corrected chi connectivity index (χ4v) is 2.91. The summed E-state index contributed by atoms with van der Waals surface area (Å²) in [6.07, 6.45) is 1.37. The summed E-state index contributed by atoms with van der Waals surface area (Å²) in [5, 5.41) is 43.3. The van der Waals surface area contributed by atoms with E-state index in [0.717, 1.165) is 0 Å². The largest absolute Gasteiger partial charge is 0.496 e. The summed E-state index contributed by atoms with van der Waals surface area (Å²) in [6, 6.07) is 11.1. The number of nitro groups is 1. The number of benzene rings is 1. The molecule has 31 heavy (non-hydrogen) atoms. The number of aliphatic hydroxyl groups is 1. The highest BCUT2D eigenvalue weighted by Gasteiger charge is 2.20. The number of rotatable bonds is 7. The fourth-order valence-electron chi connectivity index (χ4n) is 2.91. The molecule has 0 aliphatic carbocycles. The molecule has 2 heterocycles. The first kappa shape index (κ1) is 21.1. The van der Waals surface area contributed by atoms with Gasteiger partial charge in [-0.25, -0.2) is 4.68 Å². The molecule has 1 aromatic carbocycles. The zero-order valence-corrected chi connectivity index (χ0v) is 16.3. The zero-order chi connectivity index (χ0) is 22.5. The lowest BCUT2D eigenvalue weighted by atomic mass is 10.1. The molecular formula is C20H16N6O5. The topological polar surface area (TPSA) is 177 Å². The lowest BCUT2D eigenvalue weighted by Crippen LogP contribution is -2.07. The van der Waals surface area contributed by atoms with Crippen LogP contribution in [0.3, 0.4) is 0 Å². The van der Waals surface area contributed by atoms with Crippen LogP contribution in [0.15, 0.2) is 34.7 Å². The Balaban J connectivity index is 2.05. The van der Waals surface area contributed by atoms with E-state index in [-0.39, 0.29) is 53.0 Å². The number of methoxy groups -OCH3 is 1. The molecule has 0 radical (unpaired) electrons. The number of nitriles is 2. The minimum absolute atomic E-state index is 0.00776. The number of anilines is 1. The molecule has 0 saturated heterocycles. The first-order valence-electron chi connectivity index (χ1n) is 8.85. The van der Waals surface area contributed by atoms with Gasteiger partial charge in [0.2, 0.25) is 0 Å². The Labute approximate surface area is 175 Å². The molecule has 11 heteroatoms. The minimum atomic E-state index is -0.531. The predicted octanol–water partition coefficient (Wildman–Crippen LogP) is 2.57. The van der Waals surface area contributed by atoms with E-state index in [0.29, 0.717) is 11.3 Å². The summed E-state index contributed by atoms with van der Waals surface area (Å²) in [5.41, 5.74) is 6.19. The monoisotopic (exact) mass is 420 g/mol. The summed E-state index contributed by atoms with van der Waals surface area (Å²) in [4.78, 5) is 10.6. The van der Waals surface area contributed by atoms with Gasteiger partial charge in [0, 0.05) is 18.2 Å². The minimum Gasteiger partial charge on any atom is -0.496 e. The molecule has 156 valence electrons. The number of hydrogen-bond acceptors (Lipinski definition) is 9. The van der Waals surface area contributed by atoms with Gasteiger partial charge in [-0.3, -0.25) is 10.1 Å². The number of furan rings is 1. The Morgan fingerprint density at radius 1 is 1.42 bits per heavy atom. The molecule has 11 nitrogen and oxygen atoms in total. The maximum atomic E-state index is 11.1. The fraction of sp³-hybridized carbons (Fsp3) is 0.150. The van der Waals surface area contributed by atoms with E-state index in [2.05, 4.69) is 5.10 Å². The summed E-state index contributed by atoms with van der Waals surface area (Å²) in [7, 11) is 1.43. The number of ether oxygens (including phenoxy) is 1. The SMILES string of the molecule is COc1ccc([N+](=O)[O-])cc1-c1ccc(/C=C(\C#N)c2nn(CCO)c(N)c2C#N)o1. The van der Waals surface area contributed by atoms with Gasteiger partial charge in [-0.15, -0.1) is 0 Å². The third kappa shape index (κ3) is 4.07. The lowest BCUT2D eigenvalue weighted by Gasteiger charge is -2.05. The molecule has 0 atom stereocenters. The van der Waals surface area contributed by atoms with Gasteiger partial charge in [-0.2, -0.15) is 15.6 Å². The third-order valence-corrected chi connectivity index (χ3v) is 4.36. The highest BCUT2D eigenvalue weighted by atomic mass is 16.6. The molecule has 0 spiro atoms. The average Bonchev–Trinajstić information content (AvgIpc) is 3.36. The molecule has 0 saturated carbocycles.